The van der Waals surface area contributed by atoms with Gasteiger partial charge >= 0.3 is 0 Å². The van der Waals surface area contributed by atoms with Crippen LogP contribution in [0.3, 0.4) is 0 Å². The van der Waals surface area contributed by atoms with E-state index in [4.69, 9.17) is 9.97 Å². The summed E-state index contributed by atoms with van der Waals surface area (Å²) in [4.78, 5) is 26.9. The van der Waals surface area contributed by atoms with Crippen LogP contribution in [0.4, 0.5) is 5.82 Å². The summed E-state index contributed by atoms with van der Waals surface area (Å²) in [5.41, 5.74) is 2.80. The minimum Gasteiger partial charge on any atom is -0.393 e. The van der Waals surface area contributed by atoms with Gasteiger partial charge in [0.25, 0.3) is 5.91 Å². The Morgan fingerprint density at radius 2 is 1.77 bits per heavy atom. The van der Waals surface area contributed by atoms with Gasteiger partial charge in [0.1, 0.15) is 11.6 Å². The van der Waals surface area contributed by atoms with Crippen molar-refractivity contribution >= 4 is 33.3 Å². The van der Waals surface area contributed by atoms with Gasteiger partial charge in [-0.05, 0) is 81.8 Å². The highest BCUT2D eigenvalue weighted by Gasteiger charge is 2.25. The Bertz CT molecular complexity index is 1150. The molecule has 2 aromatic heterocycles. The number of rotatable bonds is 6. The lowest BCUT2D eigenvalue weighted by molar-refractivity contribution is 0.0663. The zero-order chi connectivity index (χ0) is 24.4. The van der Waals surface area contributed by atoms with Gasteiger partial charge in [0, 0.05) is 37.2 Å². The third-order valence-corrected chi connectivity index (χ3v) is 8.34. The van der Waals surface area contributed by atoms with Crippen molar-refractivity contribution in [3.05, 3.63) is 52.7 Å². The van der Waals surface area contributed by atoms with E-state index >= 15 is 0 Å². The van der Waals surface area contributed by atoms with Crippen molar-refractivity contribution in [1.29, 1.82) is 0 Å². The number of piperidine rings is 1. The normalized spacial score (nSPS) is 21.5. The zero-order valence-corrected chi connectivity index (χ0v) is 21.4. The molecule has 3 aromatic rings. The van der Waals surface area contributed by atoms with Crippen molar-refractivity contribution in [3.8, 4) is 0 Å². The van der Waals surface area contributed by atoms with Gasteiger partial charge in [-0.25, -0.2) is 9.97 Å². The van der Waals surface area contributed by atoms with E-state index < -0.39 is 0 Å². The van der Waals surface area contributed by atoms with Gasteiger partial charge in [-0.15, -0.1) is 11.3 Å². The van der Waals surface area contributed by atoms with Crippen LogP contribution in [0.15, 0.2) is 35.7 Å². The average molecular weight is 494 g/mol. The van der Waals surface area contributed by atoms with Crippen LogP contribution in [0.5, 0.6) is 0 Å². The van der Waals surface area contributed by atoms with E-state index in [9.17, 15) is 9.90 Å². The standard InChI is InChI=1S/C27H35N5O2S/c1-31(2)21-11-14-32(15-12-21)27(34)19-5-3-18(4-6-19)17-24-29-23-13-16-35-25(23)26(30-24)28-20-7-9-22(33)10-8-20/h3-6,13,16,20-22,33H,7-12,14-15,17H2,1-2H3,(H,28,29,30). The zero-order valence-electron chi connectivity index (χ0n) is 20.6. The number of aliphatic hydroxyl groups is 1. The summed E-state index contributed by atoms with van der Waals surface area (Å²) in [6, 6.07) is 10.9. The topological polar surface area (TPSA) is 81.6 Å². The Balaban J connectivity index is 1.26. The summed E-state index contributed by atoms with van der Waals surface area (Å²) in [6.07, 6.45) is 6.08. The van der Waals surface area contributed by atoms with Crippen LogP contribution in [0.25, 0.3) is 10.2 Å². The van der Waals surface area contributed by atoms with Crippen molar-refractivity contribution in [2.75, 3.05) is 32.5 Å². The van der Waals surface area contributed by atoms with Crippen LogP contribution in [-0.2, 0) is 6.42 Å². The van der Waals surface area contributed by atoms with Crippen molar-refractivity contribution in [3.63, 3.8) is 0 Å². The predicted octanol–water partition coefficient (Wildman–Crippen LogP) is 4.16. The fourth-order valence-corrected chi connectivity index (χ4v) is 6.00. The molecule has 1 aliphatic carbocycles. The predicted molar refractivity (Wildman–Crippen MR) is 141 cm³/mol. The number of thiophene rings is 1. The molecule has 1 aromatic carbocycles. The lowest BCUT2D eigenvalue weighted by Gasteiger charge is -2.35. The van der Waals surface area contributed by atoms with Gasteiger partial charge in [-0.1, -0.05) is 12.1 Å². The molecule has 0 unspecified atom stereocenters. The maximum Gasteiger partial charge on any atom is 0.253 e. The Labute approximate surface area is 211 Å². The number of aliphatic hydroxyl groups excluding tert-OH is 1. The van der Waals surface area contributed by atoms with Gasteiger partial charge in [0.05, 0.1) is 16.3 Å². The van der Waals surface area contributed by atoms with E-state index in [1.54, 1.807) is 11.3 Å². The first-order valence-corrected chi connectivity index (χ1v) is 13.6. The fourth-order valence-electron chi connectivity index (χ4n) is 5.22. The van der Waals surface area contributed by atoms with Crippen LogP contribution >= 0.6 is 11.3 Å². The van der Waals surface area contributed by atoms with Gasteiger partial charge in [-0.2, -0.15) is 0 Å². The van der Waals surface area contributed by atoms with Crippen LogP contribution in [0, 0.1) is 0 Å². The Hall–Kier alpha value is -2.55. The van der Waals surface area contributed by atoms with E-state index in [1.165, 1.54) is 0 Å². The van der Waals surface area contributed by atoms with E-state index in [0.29, 0.717) is 18.5 Å². The summed E-state index contributed by atoms with van der Waals surface area (Å²) in [6.45, 7) is 1.63. The maximum atomic E-state index is 13.0. The fraction of sp³-hybridized carbons (Fsp3) is 0.519. The molecule has 0 atom stereocenters. The quantitative estimate of drug-likeness (QED) is 0.537. The minimum absolute atomic E-state index is 0.119. The number of carbonyl (C=O) groups excluding carboxylic acids is 1. The van der Waals surface area contributed by atoms with E-state index in [2.05, 4.69) is 29.7 Å². The van der Waals surface area contributed by atoms with Gasteiger partial charge in [0.2, 0.25) is 0 Å². The third kappa shape index (κ3) is 5.66. The highest BCUT2D eigenvalue weighted by molar-refractivity contribution is 7.17. The second-order valence-electron chi connectivity index (χ2n) is 10.1. The highest BCUT2D eigenvalue weighted by atomic mass is 32.1. The molecule has 1 saturated heterocycles. The monoisotopic (exact) mass is 493 g/mol. The summed E-state index contributed by atoms with van der Waals surface area (Å²) in [5, 5.41) is 15.5. The molecule has 0 radical (unpaired) electrons. The number of nitrogens with zero attached hydrogens (tertiary/aromatic N) is 4. The Morgan fingerprint density at radius 3 is 2.46 bits per heavy atom. The molecule has 2 N–H and O–H groups in total. The molecule has 0 bridgehead atoms. The molecule has 0 spiro atoms. The second-order valence-corrected chi connectivity index (χ2v) is 11.0. The molecular formula is C27H35N5O2S. The lowest BCUT2D eigenvalue weighted by Crippen LogP contribution is -2.44. The number of hydrogen-bond acceptors (Lipinski definition) is 7. The second kappa shape index (κ2) is 10.6. The van der Waals surface area contributed by atoms with Crippen LogP contribution in [-0.4, -0.2) is 76.2 Å². The van der Waals surface area contributed by atoms with Crippen molar-refractivity contribution in [2.45, 2.75) is 63.1 Å². The Morgan fingerprint density at radius 1 is 1.06 bits per heavy atom. The molecule has 8 heteroatoms. The molecule has 1 saturated carbocycles. The molecule has 1 amide bonds. The van der Waals surface area contributed by atoms with Crippen molar-refractivity contribution < 1.29 is 9.90 Å². The first-order valence-electron chi connectivity index (χ1n) is 12.7. The van der Waals surface area contributed by atoms with Crippen molar-refractivity contribution in [2.24, 2.45) is 0 Å². The van der Waals surface area contributed by atoms with Gasteiger partial charge < -0.3 is 20.2 Å². The first-order chi connectivity index (χ1) is 17.0. The molecule has 2 aliphatic rings. The maximum absolute atomic E-state index is 13.0. The lowest BCUT2D eigenvalue weighted by atomic mass is 9.93. The Kier molecular flexibility index (Phi) is 7.32. The molecule has 3 heterocycles. The molecule has 186 valence electrons. The van der Waals surface area contributed by atoms with E-state index in [1.807, 2.05) is 35.2 Å². The van der Waals surface area contributed by atoms with Crippen LogP contribution in [0.2, 0.25) is 0 Å². The third-order valence-electron chi connectivity index (χ3n) is 7.43. The molecule has 7 nitrogen and oxygen atoms in total. The molecule has 1 aliphatic heterocycles. The average Bonchev–Trinajstić information content (AvgIpc) is 3.35. The minimum atomic E-state index is -0.171. The number of benzene rings is 1. The number of likely N-dealkylation sites (tertiary alicyclic amines) is 1. The molecule has 35 heavy (non-hydrogen) atoms. The number of nitrogens with one attached hydrogen (secondary N) is 1. The number of amides is 1. The summed E-state index contributed by atoms with van der Waals surface area (Å²) < 4.78 is 1.08. The molecular weight excluding hydrogens is 458 g/mol. The van der Waals surface area contributed by atoms with Gasteiger partial charge in [-0.3, -0.25) is 4.79 Å². The van der Waals surface area contributed by atoms with Crippen LogP contribution < -0.4 is 5.32 Å². The van der Waals surface area contributed by atoms with E-state index in [0.717, 1.165) is 84.6 Å². The van der Waals surface area contributed by atoms with Crippen LogP contribution in [0.1, 0.15) is 60.3 Å². The van der Waals surface area contributed by atoms with Gasteiger partial charge in [0.15, 0.2) is 0 Å². The van der Waals surface area contributed by atoms with E-state index in [-0.39, 0.29) is 12.0 Å². The summed E-state index contributed by atoms with van der Waals surface area (Å²) in [7, 11) is 4.22. The summed E-state index contributed by atoms with van der Waals surface area (Å²) >= 11 is 1.66. The SMILES string of the molecule is CN(C)C1CCN(C(=O)c2ccc(Cc3nc(NC4CCC(O)CC4)c4sccc4n3)cc2)CC1. The molecule has 5 rings (SSSR count). The van der Waals surface area contributed by atoms with Crippen molar-refractivity contribution in [1.82, 2.24) is 19.8 Å². The number of carbonyl (C=O) groups is 1. The number of aromatic nitrogens is 2. The molecule has 2 fully saturated rings. The number of fused-ring (bicyclic) bond motifs is 1. The summed E-state index contributed by atoms with van der Waals surface area (Å²) in [5.74, 6) is 1.79. The number of hydrogen-bond donors (Lipinski definition) is 2. The smallest absolute Gasteiger partial charge is 0.253 e. The first kappa shape index (κ1) is 24.2. The highest BCUT2D eigenvalue weighted by Crippen LogP contribution is 2.30. The largest absolute Gasteiger partial charge is 0.393 e. The number of anilines is 1.